The number of aromatic nitrogens is 3. The quantitative estimate of drug-likeness (QED) is 0.496. The number of fused-ring (bicyclic) bond motifs is 1. The normalized spacial score (nSPS) is 20.1. The maximum Gasteiger partial charge on any atom is 0.277 e. The van der Waals surface area contributed by atoms with Crippen molar-refractivity contribution in [1.29, 1.82) is 0 Å². The van der Waals surface area contributed by atoms with Crippen molar-refractivity contribution in [1.82, 2.24) is 15.2 Å². The Bertz CT molecular complexity index is 1090. The van der Waals surface area contributed by atoms with Gasteiger partial charge in [-0.2, -0.15) is 0 Å². The largest absolute Gasteiger partial charge is 0.416 e. The third-order valence-electron chi connectivity index (χ3n) is 4.74. The Morgan fingerprint density at radius 3 is 2.96 bits per heavy atom. The molecule has 0 aliphatic carbocycles. The highest BCUT2D eigenvalue weighted by Gasteiger charge is 2.29. The van der Waals surface area contributed by atoms with Crippen molar-refractivity contribution in [2.75, 3.05) is 11.5 Å². The lowest BCUT2D eigenvalue weighted by Gasteiger charge is -2.06. The number of hydrogen-bond acceptors (Lipinski definition) is 7. The van der Waals surface area contributed by atoms with Crippen LogP contribution in [0.3, 0.4) is 0 Å². The summed E-state index contributed by atoms with van der Waals surface area (Å²) in [4.78, 5) is 15.9. The molecule has 1 aliphatic rings. The van der Waals surface area contributed by atoms with E-state index >= 15 is 0 Å². The number of Topliss-reactive ketones (excluding diaryl/α,β-unsaturated/α-hetero) is 1. The third kappa shape index (κ3) is 3.93. The van der Waals surface area contributed by atoms with Crippen LogP contribution in [-0.4, -0.2) is 46.1 Å². The summed E-state index contributed by atoms with van der Waals surface area (Å²) in [6, 6.07) is 7.66. The molecular weight excluding hydrogens is 386 g/mol. The highest BCUT2D eigenvalue weighted by Crippen LogP contribution is 2.29. The summed E-state index contributed by atoms with van der Waals surface area (Å²) in [5.74, 6) is 0.834. The molecular formula is C18H19N3O4S2. The van der Waals surface area contributed by atoms with E-state index in [-0.39, 0.29) is 28.5 Å². The van der Waals surface area contributed by atoms with Crippen LogP contribution in [0.25, 0.3) is 10.9 Å². The summed E-state index contributed by atoms with van der Waals surface area (Å²) in [5, 5.41) is 8.83. The average molecular weight is 406 g/mol. The first-order chi connectivity index (χ1) is 12.9. The molecule has 3 aromatic rings. The SMILES string of the molecule is CC(Sc1nnc(CC2CCS(=O)(=O)C2)o1)C(=O)c1c[nH]c2ccccc12. The van der Waals surface area contributed by atoms with Gasteiger partial charge < -0.3 is 9.40 Å². The first-order valence-electron chi connectivity index (χ1n) is 8.71. The van der Waals surface area contributed by atoms with Crippen LogP contribution in [0, 0.1) is 5.92 Å². The molecule has 0 radical (unpaired) electrons. The number of carbonyl (C=O) groups excluding carboxylic acids is 1. The molecule has 1 aliphatic heterocycles. The third-order valence-corrected chi connectivity index (χ3v) is 7.51. The molecule has 1 aromatic carbocycles. The Balaban J connectivity index is 1.42. The molecule has 27 heavy (non-hydrogen) atoms. The summed E-state index contributed by atoms with van der Waals surface area (Å²) >= 11 is 1.22. The number of para-hydroxylation sites is 1. The van der Waals surface area contributed by atoms with Gasteiger partial charge in [-0.25, -0.2) is 8.42 Å². The van der Waals surface area contributed by atoms with E-state index in [2.05, 4.69) is 15.2 Å². The van der Waals surface area contributed by atoms with E-state index in [1.54, 1.807) is 6.20 Å². The van der Waals surface area contributed by atoms with Gasteiger partial charge in [-0.15, -0.1) is 10.2 Å². The maximum atomic E-state index is 12.8. The van der Waals surface area contributed by atoms with E-state index in [0.717, 1.165) is 10.9 Å². The number of H-pyrrole nitrogens is 1. The van der Waals surface area contributed by atoms with Crippen molar-refractivity contribution in [3.05, 3.63) is 41.9 Å². The molecule has 3 heterocycles. The van der Waals surface area contributed by atoms with Gasteiger partial charge in [0.15, 0.2) is 15.6 Å². The number of nitrogens with one attached hydrogen (secondary N) is 1. The number of hydrogen-bond donors (Lipinski definition) is 1. The molecule has 2 unspecified atom stereocenters. The average Bonchev–Trinajstić information content (AvgIpc) is 3.33. The molecule has 1 saturated heterocycles. The molecule has 1 N–H and O–H groups in total. The van der Waals surface area contributed by atoms with E-state index in [9.17, 15) is 13.2 Å². The van der Waals surface area contributed by atoms with Crippen molar-refractivity contribution in [2.24, 2.45) is 5.92 Å². The second kappa shape index (κ2) is 7.12. The standard InChI is InChI=1S/C18H19N3O4S2/c1-11(17(22)14-9-19-15-5-3-2-4-13(14)15)26-18-21-20-16(25-18)8-12-6-7-27(23,24)10-12/h2-5,9,11-12,19H,6-8,10H2,1H3. The molecule has 0 bridgehead atoms. The number of benzene rings is 1. The fraction of sp³-hybridized carbons (Fsp3) is 0.389. The molecule has 1 fully saturated rings. The fourth-order valence-electron chi connectivity index (χ4n) is 3.35. The van der Waals surface area contributed by atoms with Crippen LogP contribution in [0.4, 0.5) is 0 Å². The second-order valence-corrected chi connectivity index (χ2v) is 10.3. The molecule has 0 amide bonds. The maximum absolute atomic E-state index is 12.8. The summed E-state index contributed by atoms with van der Waals surface area (Å²) in [6.45, 7) is 1.81. The van der Waals surface area contributed by atoms with Crippen LogP contribution < -0.4 is 0 Å². The number of thioether (sulfide) groups is 1. The first kappa shape index (κ1) is 18.2. The van der Waals surface area contributed by atoms with E-state index in [0.29, 0.717) is 29.5 Å². The molecule has 142 valence electrons. The minimum atomic E-state index is -2.92. The second-order valence-electron chi connectivity index (χ2n) is 6.81. The predicted molar refractivity (Wildman–Crippen MR) is 103 cm³/mol. The Morgan fingerprint density at radius 1 is 1.37 bits per heavy atom. The van der Waals surface area contributed by atoms with Crippen molar-refractivity contribution in [2.45, 2.75) is 30.2 Å². The van der Waals surface area contributed by atoms with Gasteiger partial charge in [0.05, 0.1) is 16.8 Å². The number of aromatic amines is 1. The topological polar surface area (TPSA) is 106 Å². The number of carbonyl (C=O) groups is 1. The highest BCUT2D eigenvalue weighted by atomic mass is 32.2. The summed E-state index contributed by atoms with van der Waals surface area (Å²) in [7, 11) is -2.92. The van der Waals surface area contributed by atoms with E-state index in [1.807, 2.05) is 31.2 Å². The van der Waals surface area contributed by atoms with Crippen LogP contribution in [0.5, 0.6) is 0 Å². The van der Waals surface area contributed by atoms with Gasteiger partial charge in [-0.3, -0.25) is 4.79 Å². The molecule has 7 nitrogen and oxygen atoms in total. The zero-order chi connectivity index (χ0) is 19.0. The van der Waals surface area contributed by atoms with Crippen LogP contribution in [0.2, 0.25) is 0 Å². The van der Waals surface area contributed by atoms with Crippen LogP contribution in [0.1, 0.15) is 29.6 Å². The number of sulfone groups is 1. The highest BCUT2D eigenvalue weighted by molar-refractivity contribution is 8.00. The smallest absolute Gasteiger partial charge is 0.277 e. The minimum absolute atomic E-state index is 0.0147. The van der Waals surface area contributed by atoms with Gasteiger partial charge in [0, 0.05) is 29.1 Å². The summed E-state index contributed by atoms with van der Waals surface area (Å²) < 4.78 is 28.7. The van der Waals surface area contributed by atoms with Crippen LogP contribution in [0.15, 0.2) is 40.1 Å². The van der Waals surface area contributed by atoms with Gasteiger partial charge in [-0.05, 0) is 25.3 Å². The van der Waals surface area contributed by atoms with E-state index in [4.69, 9.17) is 4.42 Å². The Labute approximate surface area is 160 Å². The van der Waals surface area contributed by atoms with E-state index < -0.39 is 9.84 Å². The van der Waals surface area contributed by atoms with Gasteiger partial charge in [-0.1, -0.05) is 30.0 Å². The van der Waals surface area contributed by atoms with Crippen molar-refractivity contribution in [3.63, 3.8) is 0 Å². The lowest BCUT2D eigenvalue weighted by atomic mass is 10.1. The summed E-state index contributed by atoms with van der Waals surface area (Å²) in [6.07, 6.45) is 2.81. The Kier molecular flexibility index (Phi) is 4.81. The van der Waals surface area contributed by atoms with Crippen LogP contribution >= 0.6 is 11.8 Å². The lowest BCUT2D eigenvalue weighted by Crippen LogP contribution is -2.13. The van der Waals surface area contributed by atoms with Gasteiger partial charge in [0.25, 0.3) is 5.22 Å². The zero-order valence-corrected chi connectivity index (χ0v) is 16.3. The van der Waals surface area contributed by atoms with E-state index in [1.165, 1.54) is 11.8 Å². The number of ketones is 1. The molecule has 2 aromatic heterocycles. The van der Waals surface area contributed by atoms with Crippen molar-refractivity contribution >= 4 is 38.3 Å². The molecule has 2 atom stereocenters. The first-order valence-corrected chi connectivity index (χ1v) is 11.4. The summed E-state index contributed by atoms with van der Waals surface area (Å²) in [5.41, 5.74) is 1.56. The van der Waals surface area contributed by atoms with Crippen molar-refractivity contribution < 1.29 is 17.6 Å². The molecule has 9 heteroatoms. The predicted octanol–water partition coefficient (Wildman–Crippen LogP) is 2.89. The number of rotatable bonds is 6. The monoisotopic (exact) mass is 405 g/mol. The van der Waals surface area contributed by atoms with Gasteiger partial charge in [0.1, 0.15) is 0 Å². The molecule has 0 spiro atoms. The van der Waals surface area contributed by atoms with Crippen LogP contribution in [-0.2, 0) is 16.3 Å². The lowest BCUT2D eigenvalue weighted by molar-refractivity contribution is 0.0995. The Morgan fingerprint density at radius 2 is 2.19 bits per heavy atom. The fourth-order valence-corrected chi connectivity index (χ4v) is 5.98. The van der Waals surface area contributed by atoms with Crippen molar-refractivity contribution in [3.8, 4) is 0 Å². The van der Waals surface area contributed by atoms with Gasteiger partial charge in [0.2, 0.25) is 5.89 Å². The molecule has 0 saturated carbocycles. The number of nitrogens with zero attached hydrogens (tertiary/aromatic N) is 2. The minimum Gasteiger partial charge on any atom is -0.416 e. The Hall–Kier alpha value is -2.13. The zero-order valence-electron chi connectivity index (χ0n) is 14.7. The van der Waals surface area contributed by atoms with Gasteiger partial charge >= 0.3 is 0 Å². The molecule has 4 rings (SSSR count).